The highest BCUT2D eigenvalue weighted by Crippen LogP contribution is 2.02. The van der Waals surface area contributed by atoms with Gasteiger partial charge in [-0.25, -0.2) is 9.78 Å². The van der Waals surface area contributed by atoms with E-state index in [1.54, 1.807) is 13.1 Å². The number of imidazole rings is 1. The van der Waals surface area contributed by atoms with E-state index < -0.39 is 12.0 Å². The third kappa shape index (κ3) is 4.57. The van der Waals surface area contributed by atoms with Crippen molar-refractivity contribution in [1.82, 2.24) is 15.3 Å². The fourth-order valence-electron chi connectivity index (χ4n) is 1.55. The molecule has 0 spiro atoms. The Morgan fingerprint density at radius 3 is 2.83 bits per heavy atom. The minimum Gasteiger partial charge on any atom is -0.464 e. The number of H-pyrrole nitrogens is 1. The highest BCUT2D eigenvalue weighted by molar-refractivity contribution is 5.84. The molecule has 1 atom stereocenters. The summed E-state index contributed by atoms with van der Waals surface area (Å²) in [5, 5.41) is 2.68. The summed E-state index contributed by atoms with van der Waals surface area (Å²) in [4.78, 5) is 30.1. The van der Waals surface area contributed by atoms with E-state index in [4.69, 9.17) is 4.74 Å². The molecule has 1 heterocycles. The Morgan fingerprint density at radius 1 is 1.50 bits per heavy atom. The Hall–Kier alpha value is -1.85. The van der Waals surface area contributed by atoms with Gasteiger partial charge in [-0.2, -0.15) is 0 Å². The van der Waals surface area contributed by atoms with Gasteiger partial charge in [-0.15, -0.1) is 0 Å². The molecular weight excluding hydrogens is 234 g/mol. The number of esters is 1. The van der Waals surface area contributed by atoms with Gasteiger partial charge in [0, 0.05) is 24.7 Å². The van der Waals surface area contributed by atoms with Crippen molar-refractivity contribution in [3.63, 3.8) is 0 Å². The van der Waals surface area contributed by atoms with Crippen LogP contribution < -0.4 is 5.32 Å². The quantitative estimate of drug-likeness (QED) is 0.704. The van der Waals surface area contributed by atoms with E-state index in [1.807, 2.05) is 6.92 Å². The maximum atomic E-state index is 11.7. The molecule has 1 amide bonds. The molecule has 6 nitrogen and oxygen atoms in total. The van der Waals surface area contributed by atoms with Crippen LogP contribution in [0.1, 0.15) is 32.4 Å². The van der Waals surface area contributed by atoms with Crippen LogP contribution in [-0.2, 0) is 20.7 Å². The van der Waals surface area contributed by atoms with Crippen molar-refractivity contribution in [1.29, 1.82) is 0 Å². The number of nitrogens with one attached hydrogen (secondary N) is 2. The summed E-state index contributed by atoms with van der Waals surface area (Å²) < 4.78 is 4.94. The van der Waals surface area contributed by atoms with Gasteiger partial charge in [-0.3, -0.25) is 4.79 Å². The number of nitrogens with zero attached hydrogens (tertiary/aromatic N) is 1. The maximum absolute atomic E-state index is 11.7. The second-order valence-electron chi connectivity index (χ2n) is 3.90. The van der Waals surface area contributed by atoms with E-state index in [0.717, 1.165) is 12.1 Å². The Morgan fingerprint density at radius 2 is 2.28 bits per heavy atom. The second kappa shape index (κ2) is 7.47. The monoisotopic (exact) mass is 253 g/mol. The van der Waals surface area contributed by atoms with E-state index in [1.165, 1.54) is 6.33 Å². The molecule has 0 saturated heterocycles. The SMILES string of the molecule is CCCC(=O)N[C@@H](Cc1cnc[nH]1)C(=O)OCC. The molecule has 1 aromatic rings. The third-order valence-electron chi connectivity index (χ3n) is 2.36. The molecule has 100 valence electrons. The van der Waals surface area contributed by atoms with Crippen molar-refractivity contribution in [2.75, 3.05) is 6.61 Å². The first-order valence-electron chi connectivity index (χ1n) is 6.10. The average molecular weight is 253 g/mol. The van der Waals surface area contributed by atoms with Crippen LogP contribution in [0.4, 0.5) is 0 Å². The first-order chi connectivity index (χ1) is 8.67. The van der Waals surface area contributed by atoms with Crippen molar-refractivity contribution < 1.29 is 14.3 Å². The first kappa shape index (κ1) is 14.2. The van der Waals surface area contributed by atoms with E-state index in [9.17, 15) is 9.59 Å². The molecule has 0 saturated carbocycles. The van der Waals surface area contributed by atoms with Crippen LogP contribution in [0.15, 0.2) is 12.5 Å². The maximum Gasteiger partial charge on any atom is 0.329 e. The topological polar surface area (TPSA) is 84.1 Å². The van der Waals surface area contributed by atoms with Gasteiger partial charge in [0.05, 0.1) is 12.9 Å². The van der Waals surface area contributed by atoms with Gasteiger partial charge in [0.2, 0.25) is 5.91 Å². The summed E-state index contributed by atoms with van der Waals surface area (Å²) >= 11 is 0. The highest BCUT2D eigenvalue weighted by Gasteiger charge is 2.22. The molecular formula is C12H19N3O3. The van der Waals surface area contributed by atoms with E-state index in [2.05, 4.69) is 15.3 Å². The molecule has 0 unspecified atom stereocenters. The Bertz CT molecular complexity index is 376. The zero-order valence-corrected chi connectivity index (χ0v) is 10.7. The van der Waals surface area contributed by atoms with Crippen LogP contribution in [0.5, 0.6) is 0 Å². The van der Waals surface area contributed by atoms with Gasteiger partial charge in [0.25, 0.3) is 0 Å². The summed E-state index contributed by atoms with van der Waals surface area (Å²) in [6, 6.07) is -0.663. The van der Waals surface area contributed by atoms with Gasteiger partial charge in [-0.05, 0) is 13.3 Å². The van der Waals surface area contributed by atoms with Crippen LogP contribution in [0.25, 0.3) is 0 Å². The van der Waals surface area contributed by atoms with Gasteiger partial charge >= 0.3 is 5.97 Å². The number of carbonyl (C=O) groups excluding carboxylic acids is 2. The molecule has 0 aliphatic carbocycles. The van der Waals surface area contributed by atoms with Crippen LogP contribution in [-0.4, -0.2) is 34.5 Å². The number of rotatable bonds is 7. The van der Waals surface area contributed by atoms with Crippen LogP contribution in [0.3, 0.4) is 0 Å². The lowest BCUT2D eigenvalue weighted by atomic mass is 10.1. The van der Waals surface area contributed by atoms with Gasteiger partial charge in [0.15, 0.2) is 0 Å². The number of ether oxygens (including phenoxy) is 1. The molecule has 0 radical (unpaired) electrons. The normalized spacial score (nSPS) is 11.9. The zero-order valence-electron chi connectivity index (χ0n) is 10.7. The number of amides is 1. The Labute approximate surface area is 106 Å². The van der Waals surface area contributed by atoms with E-state index >= 15 is 0 Å². The van der Waals surface area contributed by atoms with Crippen molar-refractivity contribution >= 4 is 11.9 Å². The number of hydrogen-bond acceptors (Lipinski definition) is 4. The number of hydrogen-bond donors (Lipinski definition) is 2. The summed E-state index contributed by atoms with van der Waals surface area (Å²) in [5.41, 5.74) is 0.782. The third-order valence-corrected chi connectivity index (χ3v) is 2.36. The van der Waals surface area contributed by atoms with Crippen molar-refractivity contribution in [3.8, 4) is 0 Å². The smallest absolute Gasteiger partial charge is 0.329 e. The molecule has 1 rings (SSSR count). The fourth-order valence-corrected chi connectivity index (χ4v) is 1.55. The molecule has 18 heavy (non-hydrogen) atoms. The summed E-state index contributed by atoms with van der Waals surface area (Å²) in [6.07, 6.45) is 4.65. The molecule has 2 N–H and O–H groups in total. The van der Waals surface area contributed by atoms with Crippen molar-refractivity contribution in [2.24, 2.45) is 0 Å². The Balaban J connectivity index is 2.62. The summed E-state index contributed by atoms with van der Waals surface area (Å²) in [5.74, 6) is -0.563. The highest BCUT2D eigenvalue weighted by atomic mass is 16.5. The molecule has 0 aliphatic rings. The lowest BCUT2D eigenvalue weighted by molar-refractivity contribution is -0.147. The number of carbonyl (C=O) groups is 2. The molecule has 0 bridgehead atoms. The molecule has 0 aromatic carbocycles. The molecule has 6 heteroatoms. The van der Waals surface area contributed by atoms with Crippen molar-refractivity contribution in [3.05, 3.63) is 18.2 Å². The van der Waals surface area contributed by atoms with E-state index in [-0.39, 0.29) is 5.91 Å². The van der Waals surface area contributed by atoms with Crippen molar-refractivity contribution in [2.45, 2.75) is 39.2 Å². The minimum atomic E-state index is -0.663. The lowest BCUT2D eigenvalue weighted by Crippen LogP contribution is -2.43. The second-order valence-corrected chi connectivity index (χ2v) is 3.90. The van der Waals surface area contributed by atoms with Gasteiger partial charge in [0.1, 0.15) is 6.04 Å². The minimum absolute atomic E-state index is 0.143. The fraction of sp³-hybridized carbons (Fsp3) is 0.583. The van der Waals surface area contributed by atoms with Crippen LogP contribution >= 0.6 is 0 Å². The first-order valence-corrected chi connectivity index (χ1v) is 6.10. The zero-order chi connectivity index (χ0) is 13.4. The van der Waals surface area contributed by atoms with E-state index in [0.29, 0.717) is 19.4 Å². The molecule has 0 aliphatic heterocycles. The van der Waals surface area contributed by atoms with Crippen LogP contribution in [0, 0.1) is 0 Å². The average Bonchev–Trinajstić information content (AvgIpc) is 2.81. The Kier molecular flexibility index (Phi) is 5.90. The summed E-state index contributed by atoms with van der Waals surface area (Å²) in [6.45, 7) is 3.94. The largest absolute Gasteiger partial charge is 0.464 e. The lowest BCUT2D eigenvalue weighted by Gasteiger charge is -2.16. The van der Waals surface area contributed by atoms with Crippen LogP contribution in [0.2, 0.25) is 0 Å². The van der Waals surface area contributed by atoms with Gasteiger partial charge in [-0.1, -0.05) is 6.92 Å². The van der Waals surface area contributed by atoms with Gasteiger partial charge < -0.3 is 15.0 Å². The predicted molar refractivity (Wildman–Crippen MR) is 65.8 cm³/mol. The molecule has 1 aromatic heterocycles. The standard InChI is InChI=1S/C12H19N3O3/c1-3-5-11(16)15-10(12(17)18-4-2)6-9-7-13-8-14-9/h7-8,10H,3-6H2,1-2H3,(H,13,14)(H,15,16)/t10-/m0/s1. The predicted octanol–water partition coefficient (Wildman–Crippen LogP) is 0.800. The number of aromatic amines is 1. The summed E-state index contributed by atoms with van der Waals surface area (Å²) in [7, 11) is 0. The molecule has 0 fully saturated rings. The number of aromatic nitrogens is 2.